The molecule has 1 saturated heterocycles. The number of rotatable bonds is 19. The second-order valence-electron chi connectivity index (χ2n) is 11.9. The van der Waals surface area contributed by atoms with E-state index in [1.807, 2.05) is 11.8 Å². The smallest absolute Gasteiger partial charge is 0.352 e. The van der Waals surface area contributed by atoms with E-state index in [1.165, 1.54) is 28.8 Å². The van der Waals surface area contributed by atoms with Crippen molar-refractivity contribution in [3.05, 3.63) is 50.5 Å². The fraction of sp³-hybridized carbons (Fsp3) is 0.452. The second-order valence-corrected chi connectivity index (χ2v) is 13.9. The Hall–Kier alpha value is -5.48. The van der Waals surface area contributed by atoms with Crippen molar-refractivity contribution in [3.63, 3.8) is 0 Å². The zero-order valence-electron chi connectivity index (χ0n) is 28.5. The van der Waals surface area contributed by atoms with Crippen LogP contribution >= 0.6 is 23.1 Å². The summed E-state index contributed by atoms with van der Waals surface area (Å²) in [6.07, 6.45) is 0.810. The number of carbonyl (C=O) groups excluding carboxylic acids is 3. The van der Waals surface area contributed by atoms with Crippen LogP contribution in [-0.4, -0.2) is 131 Å². The summed E-state index contributed by atoms with van der Waals surface area (Å²) in [5, 5.41) is 47.4. The molecule has 286 valence electrons. The topological polar surface area (TPSA) is 296 Å². The maximum absolute atomic E-state index is 13.4. The molecule has 3 amide bonds. The van der Waals surface area contributed by atoms with Gasteiger partial charge in [-0.3, -0.25) is 33.8 Å². The monoisotopic (exact) mass is 778 g/mol. The number of pyridine rings is 1. The number of anilines is 1. The van der Waals surface area contributed by atoms with Crippen molar-refractivity contribution in [2.24, 2.45) is 12.2 Å². The van der Waals surface area contributed by atoms with E-state index in [9.17, 15) is 48.9 Å². The summed E-state index contributed by atoms with van der Waals surface area (Å²) < 4.78 is 1.32. The molecule has 0 bridgehead atoms. The number of nitrogens with two attached hydrogens (primary N) is 1. The molecule has 2 aliphatic heterocycles. The molecule has 20 nitrogen and oxygen atoms in total. The summed E-state index contributed by atoms with van der Waals surface area (Å²) in [5.41, 5.74) is 4.50. The Kier molecular flexibility index (Phi) is 13.6. The van der Waals surface area contributed by atoms with Gasteiger partial charge >= 0.3 is 17.9 Å². The van der Waals surface area contributed by atoms with E-state index in [-0.39, 0.29) is 41.1 Å². The number of nitrogens with one attached hydrogen (secondary N) is 2. The minimum Gasteiger partial charge on any atom is -0.503 e. The van der Waals surface area contributed by atoms with Crippen molar-refractivity contribution in [1.29, 1.82) is 0 Å². The van der Waals surface area contributed by atoms with Crippen molar-refractivity contribution < 1.29 is 54.0 Å². The highest BCUT2D eigenvalue weighted by Gasteiger charge is 2.54. The lowest BCUT2D eigenvalue weighted by molar-refractivity contribution is -0.156. The summed E-state index contributed by atoms with van der Waals surface area (Å²) in [4.78, 5) is 98.4. The van der Waals surface area contributed by atoms with Gasteiger partial charge in [0, 0.05) is 43.9 Å². The number of aliphatic carboxylic acids is 3. The molecule has 0 aromatic carbocycles. The van der Waals surface area contributed by atoms with Gasteiger partial charge in [0.05, 0.1) is 12.6 Å². The summed E-state index contributed by atoms with van der Waals surface area (Å²) in [6, 6.07) is -0.193. The minimum atomic E-state index is -1.95. The van der Waals surface area contributed by atoms with Crippen LogP contribution in [0.15, 0.2) is 38.9 Å². The summed E-state index contributed by atoms with van der Waals surface area (Å²) in [7, 11) is 1.51. The number of aromatic hydroxyl groups is 1. The fourth-order valence-electron chi connectivity index (χ4n) is 5.45. The summed E-state index contributed by atoms with van der Waals surface area (Å²) in [6.45, 7) is 3.18. The van der Waals surface area contributed by atoms with E-state index < -0.39 is 76.5 Å². The molecule has 2 aliphatic rings. The number of thiazole rings is 1. The highest BCUT2D eigenvalue weighted by atomic mass is 32.2. The quantitative estimate of drug-likeness (QED) is 0.0407. The highest BCUT2D eigenvalue weighted by molar-refractivity contribution is 8.00. The van der Waals surface area contributed by atoms with Gasteiger partial charge in [-0.2, -0.15) is 0 Å². The normalized spacial score (nSPS) is 17.5. The zero-order chi connectivity index (χ0) is 39.0. The number of hydrogen-bond acceptors (Lipinski definition) is 15. The average Bonchev–Trinajstić information content (AvgIpc) is 3.52. The molecule has 22 heteroatoms. The predicted octanol–water partition coefficient (Wildman–Crippen LogP) is -0.561. The largest absolute Gasteiger partial charge is 0.503 e. The van der Waals surface area contributed by atoms with Crippen LogP contribution in [0.3, 0.4) is 0 Å². The van der Waals surface area contributed by atoms with Crippen LogP contribution in [0.25, 0.3) is 0 Å². The first kappa shape index (κ1) is 40.3. The van der Waals surface area contributed by atoms with Gasteiger partial charge in [-0.25, -0.2) is 14.6 Å². The lowest BCUT2D eigenvalue weighted by Crippen LogP contribution is -2.71. The molecule has 3 atom stereocenters. The van der Waals surface area contributed by atoms with Gasteiger partial charge in [0.2, 0.25) is 11.5 Å². The number of thioether (sulfide) groups is 1. The van der Waals surface area contributed by atoms with Crippen LogP contribution in [0.1, 0.15) is 48.8 Å². The number of hydrogen-bond donors (Lipinski definition) is 7. The number of nitrogens with zero attached hydrogens (tertiary/aromatic N) is 5. The van der Waals surface area contributed by atoms with Crippen LogP contribution < -0.4 is 21.8 Å². The van der Waals surface area contributed by atoms with Crippen molar-refractivity contribution in [2.45, 2.75) is 50.1 Å². The highest BCUT2D eigenvalue weighted by Crippen LogP contribution is 2.40. The van der Waals surface area contributed by atoms with Crippen molar-refractivity contribution in [3.8, 4) is 5.75 Å². The number of carboxylic acid groups (broad SMARTS) is 3. The lowest BCUT2D eigenvalue weighted by atomic mass is 10.0. The number of aryl methyl sites for hydroxylation is 1. The van der Waals surface area contributed by atoms with Crippen LogP contribution in [-0.2, 0) is 35.9 Å². The summed E-state index contributed by atoms with van der Waals surface area (Å²) >= 11 is 2.13. The molecule has 53 heavy (non-hydrogen) atoms. The molecule has 0 aliphatic carbocycles. The first-order valence-electron chi connectivity index (χ1n) is 16.1. The van der Waals surface area contributed by atoms with E-state index in [0.717, 1.165) is 47.8 Å². The van der Waals surface area contributed by atoms with Gasteiger partial charge in [0.15, 0.2) is 16.6 Å². The number of β-lactam (4-membered cyclic amide) rings is 1. The summed E-state index contributed by atoms with van der Waals surface area (Å²) in [5.74, 6) is -7.13. The molecular weight excluding hydrogens is 741 g/mol. The van der Waals surface area contributed by atoms with E-state index in [0.29, 0.717) is 18.7 Å². The Morgan fingerprint density at radius 3 is 2.53 bits per heavy atom. The lowest BCUT2D eigenvalue weighted by Gasteiger charge is -2.49. The first-order valence-corrected chi connectivity index (χ1v) is 18.1. The van der Waals surface area contributed by atoms with Crippen molar-refractivity contribution in [2.75, 3.05) is 37.7 Å². The Balaban J connectivity index is 1.48. The number of unbranched alkanes of at least 4 members (excludes halogenated alkanes) is 2. The SMILES string of the molecule is CCCCCN(CCNC(=O)c1cc(=O)c(O)cn1C)CC1=C(C(=O)O)N2C(=O)[C@@H](NC(=O)/C(=N\O[C@@H](CC(=O)O)C(=O)O)c3csc(N)n3)[C@H]2SC1. The van der Waals surface area contributed by atoms with E-state index in [1.54, 1.807) is 0 Å². The van der Waals surface area contributed by atoms with Gasteiger partial charge in [0.25, 0.3) is 17.7 Å². The molecule has 2 aromatic heterocycles. The maximum atomic E-state index is 13.4. The molecule has 8 N–H and O–H groups in total. The molecule has 4 heterocycles. The van der Waals surface area contributed by atoms with E-state index in [4.69, 9.17) is 15.7 Å². The van der Waals surface area contributed by atoms with Crippen LogP contribution in [0.4, 0.5) is 5.13 Å². The number of oxime groups is 1. The van der Waals surface area contributed by atoms with Crippen molar-refractivity contribution >= 4 is 69.6 Å². The molecule has 4 rings (SSSR count). The molecule has 2 aromatic rings. The van der Waals surface area contributed by atoms with Crippen molar-refractivity contribution in [1.82, 2.24) is 30.0 Å². The average molecular weight is 779 g/mol. The Bertz CT molecular complexity index is 1890. The molecule has 0 radical (unpaired) electrons. The number of amides is 3. The third-order valence-corrected chi connectivity index (χ3v) is 10.1. The number of fused-ring (bicyclic) bond motifs is 1. The van der Waals surface area contributed by atoms with Gasteiger partial charge in [-0.05, 0) is 18.5 Å². The number of nitrogen functional groups attached to an aromatic ring is 1. The Morgan fingerprint density at radius 1 is 1.17 bits per heavy atom. The fourth-order valence-corrected chi connectivity index (χ4v) is 7.33. The van der Waals surface area contributed by atoms with E-state index in [2.05, 4.69) is 20.8 Å². The molecule has 0 spiro atoms. The zero-order valence-corrected chi connectivity index (χ0v) is 30.1. The van der Waals surface area contributed by atoms with Crippen LogP contribution in [0.2, 0.25) is 0 Å². The molecular formula is C31H38N8O12S2. The first-order chi connectivity index (χ1) is 25.1. The maximum Gasteiger partial charge on any atom is 0.352 e. The van der Waals surface area contributed by atoms with Crippen LogP contribution in [0, 0.1) is 0 Å². The van der Waals surface area contributed by atoms with Gasteiger partial charge in [-0.15, -0.1) is 23.1 Å². The van der Waals surface area contributed by atoms with Crippen LogP contribution in [0.5, 0.6) is 5.75 Å². The Morgan fingerprint density at radius 2 is 1.91 bits per heavy atom. The minimum absolute atomic E-state index is 0.0220. The molecule has 0 unspecified atom stereocenters. The number of carboxylic acids is 3. The Labute approximate surface area is 309 Å². The third kappa shape index (κ3) is 9.90. The second kappa shape index (κ2) is 17.8. The number of aromatic nitrogens is 2. The van der Waals surface area contributed by atoms with Gasteiger partial charge in [0.1, 0.15) is 28.5 Å². The molecule has 0 saturated carbocycles. The number of carbonyl (C=O) groups is 6. The van der Waals surface area contributed by atoms with Gasteiger partial charge < -0.3 is 46.2 Å². The van der Waals surface area contributed by atoms with Gasteiger partial charge in [-0.1, -0.05) is 24.9 Å². The molecule has 1 fully saturated rings. The van der Waals surface area contributed by atoms with E-state index >= 15 is 0 Å². The standard InChI is InChI=1S/C31H38N8O12S2/c1-3-4-5-7-38(8-6-33-25(44)17-9-18(40)19(41)12-37(17)2)11-15-13-52-28-23(27(46)39(28)24(15)30(49)50)35-26(45)22(16-14-53-31(32)34-16)36-51-20(29(47)48)10-21(42)43/h9,12,14,20,23,28,41H,3-8,10-11,13H2,1-2H3,(H2,32,34)(H,33,44)(H,35,45)(H,42,43)(H,47,48)(H,49,50)/b36-22-/t20-,23+,28+/m0/s1. The third-order valence-electron chi connectivity index (χ3n) is 8.08. The predicted molar refractivity (Wildman–Crippen MR) is 189 cm³/mol.